The molecule has 1 aliphatic carbocycles. The highest BCUT2D eigenvalue weighted by molar-refractivity contribution is 6.42. The number of hydrogen-bond donors (Lipinski definition) is 0. The minimum atomic E-state index is -0.249. The molecule has 5 nitrogen and oxygen atoms in total. The molecular weight excluding hydrogens is 606 g/mol. The Morgan fingerprint density at radius 2 is 0.918 bits per heavy atom. The van der Waals surface area contributed by atoms with Crippen LogP contribution in [0.15, 0.2) is 160 Å². The van der Waals surface area contributed by atoms with Gasteiger partial charge in [0.1, 0.15) is 22.3 Å². The number of benzene rings is 7. The van der Waals surface area contributed by atoms with Crippen molar-refractivity contribution in [3.8, 4) is 0 Å². The molecule has 2 aromatic heterocycles. The van der Waals surface area contributed by atoms with E-state index in [-0.39, 0.29) is 17.1 Å². The first kappa shape index (κ1) is 27.4. The molecule has 0 radical (unpaired) electrons. The number of anilines is 3. The van der Waals surface area contributed by atoms with Crippen LogP contribution in [0.4, 0.5) is 17.1 Å². The Balaban J connectivity index is 1.04. The smallest absolute Gasteiger partial charge is 0.197 e. The van der Waals surface area contributed by atoms with Crippen molar-refractivity contribution in [1.29, 1.82) is 0 Å². The molecule has 0 atom stereocenters. The van der Waals surface area contributed by atoms with Gasteiger partial charge in [0, 0.05) is 55.8 Å². The van der Waals surface area contributed by atoms with Gasteiger partial charge in [0.25, 0.3) is 0 Å². The van der Waals surface area contributed by atoms with E-state index in [2.05, 4.69) is 47.4 Å². The molecule has 5 heteroatoms. The van der Waals surface area contributed by atoms with Crippen molar-refractivity contribution in [3.05, 3.63) is 168 Å². The fraction of sp³-hybridized carbons (Fsp3) is 0. The molecule has 0 saturated heterocycles. The van der Waals surface area contributed by atoms with Crippen molar-refractivity contribution < 1.29 is 18.4 Å². The average molecular weight is 632 g/mol. The summed E-state index contributed by atoms with van der Waals surface area (Å²) < 4.78 is 12.9. The maximum Gasteiger partial charge on any atom is 0.197 e. The van der Waals surface area contributed by atoms with Crippen molar-refractivity contribution in [2.45, 2.75) is 0 Å². The number of carbonyl (C=O) groups excluding carboxylic acids is 2. The number of hydrogen-bond acceptors (Lipinski definition) is 5. The molecule has 49 heavy (non-hydrogen) atoms. The SMILES string of the molecule is O=C1C(=Cc2ccc3c(c2)oc2cc4c(cc23)oc2cc(N(c3ccccc3)c3ccccc3)ccc24)C(=O)c2cc3ccccc3cc21. The third kappa shape index (κ3) is 4.26. The lowest BCUT2D eigenvalue weighted by Gasteiger charge is -2.25. The van der Waals surface area contributed by atoms with Crippen LogP contribution in [0.5, 0.6) is 0 Å². The van der Waals surface area contributed by atoms with Crippen LogP contribution >= 0.6 is 0 Å². The molecule has 0 N–H and O–H groups in total. The number of fused-ring (bicyclic) bond motifs is 8. The van der Waals surface area contributed by atoms with E-state index in [1.165, 1.54) is 0 Å². The standard InChI is InChI=1S/C44H25NO4/c46-43-36-21-27-9-7-8-10-28(27)22-37(36)44(47)38(43)19-26-15-17-32-34-24-42-35(25-41(34)48-39(32)20-26)33-18-16-31(23-40(33)49-42)45(29-11-3-1-4-12-29)30-13-5-2-6-14-30/h1-25H. The topological polar surface area (TPSA) is 63.7 Å². The molecule has 230 valence electrons. The van der Waals surface area contributed by atoms with Crippen LogP contribution in [-0.2, 0) is 0 Å². The molecule has 10 rings (SSSR count). The van der Waals surface area contributed by atoms with E-state index in [1.54, 1.807) is 6.08 Å². The van der Waals surface area contributed by atoms with Crippen molar-refractivity contribution in [3.63, 3.8) is 0 Å². The van der Waals surface area contributed by atoms with Gasteiger partial charge in [-0.3, -0.25) is 9.59 Å². The van der Waals surface area contributed by atoms with Gasteiger partial charge in [-0.25, -0.2) is 0 Å². The fourth-order valence-corrected chi connectivity index (χ4v) is 7.19. The van der Waals surface area contributed by atoms with Gasteiger partial charge in [-0.05, 0) is 95.2 Å². The number of furan rings is 2. The summed E-state index contributed by atoms with van der Waals surface area (Å²) in [6.45, 7) is 0. The van der Waals surface area contributed by atoms with Crippen molar-refractivity contribution in [1.82, 2.24) is 0 Å². The zero-order valence-electron chi connectivity index (χ0n) is 26.0. The van der Waals surface area contributed by atoms with E-state index in [1.807, 2.05) is 103 Å². The zero-order valence-corrected chi connectivity index (χ0v) is 26.0. The third-order valence-electron chi connectivity index (χ3n) is 9.54. The molecule has 0 aliphatic heterocycles. The summed E-state index contributed by atoms with van der Waals surface area (Å²) in [5.41, 5.74) is 7.88. The monoisotopic (exact) mass is 631 g/mol. The quantitative estimate of drug-likeness (QED) is 0.143. The van der Waals surface area contributed by atoms with E-state index in [9.17, 15) is 9.59 Å². The summed E-state index contributed by atoms with van der Waals surface area (Å²) in [4.78, 5) is 28.9. The molecular formula is C44H25NO4. The van der Waals surface area contributed by atoms with Crippen LogP contribution in [-0.4, -0.2) is 11.6 Å². The maximum absolute atomic E-state index is 13.3. The molecule has 9 aromatic rings. The Morgan fingerprint density at radius 3 is 1.49 bits per heavy atom. The van der Waals surface area contributed by atoms with E-state index < -0.39 is 0 Å². The van der Waals surface area contributed by atoms with Gasteiger partial charge < -0.3 is 13.7 Å². The van der Waals surface area contributed by atoms with E-state index in [4.69, 9.17) is 8.83 Å². The van der Waals surface area contributed by atoms with Gasteiger partial charge in [-0.1, -0.05) is 66.7 Å². The molecule has 0 fully saturated rings. The Hall–Kier alpha value is -6.72. The van der Waals surface area contributed by atoms with Crippen LogP contribution in [0.2, 0.25) is 0 Å². The highest BCUT2D eigenvalue weighted by Gasteiger charge is 2.33. The number of rotatable bonds is 4. The predicted molar refractivity (Wildman–Crippen MR) is 196 cm³/mol. The second-order valence-corrected chi connectivity index (χ2v) is 12.5. The van der Waals surface area contributed by atoms with Gasteiger partial charge >= 0.3 is 0 Å². The molecule has 0 saturated carbocycles. The second kappa shape index (κ2) is 10.4. The first-order valence-electron chi connectivity index (χ1n) is 16.2. The summed E-state index contributed by atoms with van der Waals surface area (Å²) in [5, 5.41) is 5.70. The number of para-hydroxylation sites is 2. The van der Waals surface area contributed by atoms with Gasteiger partial charge in [0.2, 0.25) is 0 Å². The Labute approximate surface area is 279 Å². The summed E-state index contributed by atoms with van der Waals surface area (Å²) in [5.74, 6) is -0.497. The average Bonchev–Trinajstić information content (AvgIpc) is 3.75. The fourth-order valence-electron chi connectivity index (χ4n) is 7.19. The lowest BCUT2D eigenvalue weighted by atomic mass is 10.0. The molecule has 0 unspecified atom stereocenters. The van der Waals surface area contributed by atoms with Gasteiger partial charge in [-0.2, -0.15) is 0 Å². The number of nitrogens with zero attached hydrogens (tertiary/aromatic N) is 1. The number of Topliss-reactive ketones (excluding diaryl/α,β-unsaturated/α-hetero) is 2. The lowest BCUT2D eigenvalue weighted by Crippen LogP contribution is -2.09. The van der Waals surface area contributed by atoms with E-state index in [0.29, 0.717) is 16.7 Å². The molecule has 1 aliphatic rings. The molecule has 0 bridgehead atoms. The Kier molecular flexibility index (Phi) is 5.81. The van der Waals surface area contributed by atoms with Crippen molar-refractivity contribution in [2.24, 2.45) is 0 Å². The Bertz CT molecular complexity index is 2760. The first-order valence-corrected chi connectivity index (χ1v) is 16.2. The third-order valence-corrected chi connectivity index (χ3v) is 9.54. The molecule has 2 heterocycles. The largest absolute Gasteiger partial charge is 0.456 e. The highest BCUT2D eigenvalue weighted by Crippen LogP contribution is 2.41. The molecule has 0 spiro atoms. The van der Waals surface area contributed by atoms with Gasteiger partial charge in [0.15, 0.2) is 11.6 Å². The lowest BCUT2D eigenvalue weighted by molar-refractivity contribution is 0.0990. The summed E-state index contributed by atoms with van der Waals surface area (Å²) >= 11 is 0. The summed E-state index contributed by atoms with van der Waals surface area (Å²) in [6, 6.07) is 48.1. The molecule has 7 aromatic carbocycles. The minimum Gasteiger partial charge on any atom is -0.456 e. The van der Waals surface area contributed by atoms with Gasteiger partial charge in [-0.15, -0.1) is 0 Å². The van der Waals surface area contributed by atoms with E-state index >= 15 is 0 Å². The second-order valence-electron chi connectivity index (χ2n) is 12.5. The molecule has 0 amide bonds. The first-order chi connectivity index (χ1) is 24.1. The Morgan fingerprint density at radius 1 is 0.429 bits per heavy atom. The van der Waals surface area contributed by atoms with Crippen LogP contribution in [0.1, 0.15) is 26.3 Å². The van der Waals surface area contributed by atoms with Crippen LogP contribution in [0.3, 0.4) is 0 Å². The summed E-state index contributed by atoms with van der Waals surface area (Å²) in [6.07, 6.45) is 1.67. The van der Waals surface area contributed by atoms with E-state index in [0.717, 1.165) is 71.7 Å². The predicted octanol–water partition coefficient (Wildman–Crippen LogP) is 11.6. The van der Waals surface area contributed by atoms with Crippen molar-refractivity contribution in [2.75, 3.05) is 4.90 Å². The van der Waals surface area contributed by atoms with Crippen LogP contribution < -0.4 is 4.90 Å². The normalized spacial score (nSPS) is 12.9. The maximum atomic E-state index is 13.3. The number of allylic oxidation sites excluding steroid dienone is 1. The van der Waals surface area contributed by atoms with Gasteiger partial charge in [0.05, 0.1) is 5.57 Å². The van der Waals surface area contributed by atoms with Crippen LogP contribution in [0, 0.1) is 0 Å². The number of carbonyl (C=O) groups is 2. The van der Waals surface area contributed by atoms with Crippen LogP contribution in [0.25, 0.3) is 60.7 Å². The minimum absolute atomic E-state index is 0.169. The van der Waals surface area contributed by atoms with Crippen molar-refractivity contribution >= 4 is 89.4 Å². The highest BCUT2D eigenvalue weighted by atomic mass is 16.3. The number of ketones is 2. The summed E-state index contributed by atoms with van der Waals surface area (Å²) in [7, 11) is 0. The zero-order chi connectivity index (χ0) is 32.6.